The van der Waals surface area contributed by atoms with Gasteiger partial charge in [0.25, 0.3) is 0 Å². The molecule has 92 valence electrons. The van der Waals surface area contributed by atoms with Crippen molar-refractivity contribution in [1.29, 1.82) is 0 Å². The van der Waals surface area contributed by atoms with Crippen LogP contribution < -0.4 is 5.32 Å². The van der Waals surface area contributed by atoms with Crippen LogP contribution in [0.1, 0.15) is 53.4 Å². The molecule has 0 aromatic rings. The van der Waals surface area contributed by atoms with E-state index in [9.17, 15) is 0 Å². The van der Waals surface area contributed by atoms with Crippen molar-refractivity contribution in [3.05, 3.63) is 0 Å². The lowest BCUT2D eigenvalue weighted by molar-refractivity contribution is 0.0947. The SMILES string of the molecule is CCCCOCCC(C)(CC)CNCC. The molecule has 0 spiro atoms. The number of hydrogen-bond donors (Lipinski definition) is 1. The van der Waals surface area contributed by atoms with Gasteiger partial charge in [0.15, 0.2) is 0 Å². The molecule has 0 heterocycles. The van der Waals surface area contributed by atoms with E-state index in [1.807, 2.05) is 0 Å². The molecule has 0 aromatic carbocycles. The van der Waals surface area contributed by atoms with E-state index in [-0.39, 0.29) is 0 Å². The van der Waals surface area contributed by atoms with Gasteiger partial charge in [0, 0.05) is 19.8 Å². The lowest BCUT2D eigenvalue weighted by atomic mass is 9.84. The Labute approximate surface area is 95.8 Å². The molecule has 1 N–H and O–H groups in total. The molecule has 0 fully saturated rings. The van der Waals surface area contributed by atoms with Crippen molar-refractivity contribution in [2.45, 2.75) is 53.4 Å². The predicted molar refractivity (Wildman–Crippen MR) is 67.3 cm³/mol. The fourth-order valence-electron chi connectivity index (χ4n) is 1.48. The van der Waals surface area contributed by atoms with E-state index in [2.05, 4.69) is 33.0 Å². The molecule has 0 aromatic heterocycles. The van der Waals surface area contributed by atoms with E-state index in [0.29, 0.717) is 5.41 Å². The molecule has 1 unspecified atom stereocenters. The summed E-state index contributed by atoms with van der Waals surface area (Å²) >= 11 is 0. The normalized spacial score (nSPS) is 15.2. The molecule has 0 saturated carbocycles. The quantitative estimate of drug-likeness (QED) is 0.565. The fourth-order valence-corrected chi connectivity index (χ4v) is 1.48. The van der Waals surface area contributed by atoms with E-state index < -0.39 is 0 Å². The Hall–Kier alpha value is -0.0800. The Bertz CT molecular complexity index is 138. The summed E-state index contributed by atoms with van der Waals surface area (Å²) in [6.45, 7) is 13.0. The standard InChI is InChI=1S/C13H29NO/c1-5-8-10-15-11-9-13(4,6-2)12-14-7-3/h14H,5-12H2,1-4H3. The minimum Gasteiger partial charge on any atom is -0.381 e. The van der Waals surface area contributed by atoms with Gasteiger partial charge in [0.05, 0.1) is 0 Å². The molecule has 0 bridgehead atoms. The van der Waals surface area contributed by atoms with Gasteiger partial charge in [-0.2, -0.15) is 0 Å². The van der Waals surface area contributed by atoms with E-state index in [4.69, 9.17) is 4.74 Å². The summed E-state index contributed by atoms with van der Waals surface area (Å²) in [5.41, 5.74) is 0.405. The van der Waals surface area contributed by atoms with Gasteiger partial charge in [-0.1, -0.05) is 34.1 Å². The van der Waals surface area contributed by atoms with Gasteiger partial charge in [-0.05, 0) is 31.2 Å². The number of unbranched alkanes of at least 4 members (excludes halogenated alkanes) is 1. The molecule has 0 amide bonds. The van der Waals surface area contributed by atoms with Gasteiger partial charge in [0.2, 0.25) is 0 Å². The van der Waals surface area contributed by atoms with Crippen LogP contribution in [0.2, 0.25) is 0 Å². The Morgan fingerprint density at radius 2 is 1.87 bits per heavy atom. The first-order valence-corrected chi connectivity index (χ1v) is 6.47. The molecule has 0 rings (SSSR count). The zero-order valence-electron chi connectivity index (χ0n) is 11.1. The van der Waals surface area contributed by atoms with Gasteiger partial charge in [-0.25, -0.2) is 0 Å². The largest absolute Gasteiger partial charge is 0.381 e. The lowest BCUT2D eigenvalue weighted by Gasteiger charge is -2.28. The van der Waals surface area contributed by atoms with E-state index in [1.165, 1.54) is 25.7 Å². The summed E-state index contributed by atoms with van der Waals surface area (Å²) in [6.07, 6.45) is 4.80. The molecule has 2 heteroatoms. The average molecular weight is 215 g/mol. The lowest BCUT2D eigenvalue weighted by Crippen LogP contribution is -2.32. The van der Waals surface area contributed by atoms with Crippen molar-refractivity contribution in [1.82, 2.24) is 5.32 Å². The molecule has 2 nitrogen and oxygen atoms in total. The van der Waals surface area contributed by atoms with Crippen LogP contribution in [-0.2, 0) is 4.74 Å². The molecular weight excluding hydrogens is 186 g/mol. The van der Waals surface area contributed by atoms with E-state index in [1.54, 1.807) is 0 Å². The number of hydrogen-bond acceptors (Lipinski definition) is 2. The highest BCUT2D eigenvalue weighted by Crippen LogP contribution is 2.24. The highest BCUT2D eigenvalue weighted by molar-refractivity contribution is 4.74. The van der Waals surface area contributed by atoms with Crippen LogP contribution in [0, 0.1) is 5.41 Å². The highest BCUT2D eigenvalue weighted by Gasteiger charge is 2.20. The van der Waals surface area contributed by atoms with Gasteiger partial charge in [0.1, 0.15) is 0 Å². The molecular formula is C13H29NO. The van der Waals surface area contributed by atoms with Gasteiger partial charge >= 0.3 is 0 Å². The zero-order valence-corrected chi connectivity index (χ0v) is 11.1. The molecule has 15 heavy (non-hydrogen) atoms. The fraction of sp³-hybridized carbons (Fsp3) is 1.00. The first-order chi connectivity index (χ1) is 7.18. The van der Waals surface area contributed by atoms with Crippen molar-refractivity contribution in [2.75, 3.05) is 26.3 Å². The van der Waals surface area contributed by atoms with Gasteiger partial charge in [-0.15, -0.1) is 0 Å². The van der Waals surface area contributed by atoms with Crippen molar-refractivity contribution in [3.8, 4) is 0 Å². The second-order valence-corrected chi connectivity index (χ2v) is 4.66. The van der Waals surface area contributed by atoms with Crippen molar-refractivity contribution in [2.24, 2.45) is 5.41 Å². The molecule has 1 atom stereocenters. The topological polar surface area (TPSA) is 21.3 Å². The molecule has 0 aliphatic rings. The van der Waals surface area contributed by atoms with Crippen LogP contribution in [-0.4, -0.2) is 26.3 Å². The van der Waals surface area contributed by atoms with Crippen LogP contribution in [0.4, 0.5) is 0 Å². The minimum absolute atomic E-state index is 0.405. The summed E-state index contributed by atoms with van der Waals surface area (Å²) < 4.78 is 5.62. The molecule has 0 saturated heterocycles. The minimum atomic E-state index is 0.405. The summed E-state index contributed by atoms with van der Waals surface area (Å²) in [5, 5.41) is 3.44. The third kappa shape index (κ3) is 7.80. The average Bonchev–Trinajstić information content (AvgIpc) is 2.26. The zero-order chi connectivity index (χ0) is 11.6. The summed E-state index contributed by atoms with van der Waals surface area (Å²) in [4.78, 5) is 0. The van der Waals surface area contributed by atoms with Crippen LogP contribution in [0.5, 0.6) is 0 Å². The second-order valence-electron chi connectivity index (χ2n) is 4.66. The Morgan fingerprint density at radius 1 is 1.13 bits per heavy atom. The molecule has 0 aliphatic carbocycles. The third-order valence-electron chi connectivity index (χ3n) is 3.15. The Balaban J connectivity index is 3.58. The number of nitrogens with one attached hydrogen (secondary N) is 1. The summed E-state index contributed by atoms with van der Waals surface area (Å²) in [6, 6.07) is 0. The van der Waals surface area contributed by atoms with Crippen LogP contribution >= 0.6 is 0 Å². The van der Waals surface area contributed by atoms with Crippen LogP contribution in [0.15, 0.2) is 0 Å². The van der Waals surface area contributed by atoms with Crippen molar-refractivity contribution < 1.29 is 4.74 Å². The van der Waals surface area contributed by atoms with E-state index >= 15 is 0 Å². The maximum absolute atomic E-state index is 5.62. The maximum Gasteiger partial charge on any atom is 0.0471 e. The first kappa shape index (κ1) is 14.9. The first-order valence-electron chi connectivity index (χ1n) is 6.47. The Morgan fingerprint density at radius 3 is 2.40 bits per heavy atom. The van der Waals surface area contributed by atoms with Crippen LogP contribution in [0.3, 0.4) is 0 Å². The second kappa shape index (κ2) is 9.17. The Kier molecular flexibility index (Phi) is 9.12. The van der Waals surface area contributed by atoms with Crippen molar-refractivity contribution >= 4 is 0 Å². The molecule has 0 aliphatic heterocycles. The van der Waals surface area contributed by atoms with E-state index in [0.717, 1.165) is 26.3 Å². The van der Waals surface area contributed by atoms with Crippen LogP contribution in [0.25, 0.3) is 0 Å². The predicted octanol–water partition coefficient (Wildman–Crippen LogP) is 3.22. The monoisotopic (exact) mass is 215 g/mol. The highest BCUT2D eigenvalue weighted by atomic mass is 16.5. The van der Waals surface area contributed by atoms with Gasteiger partial charge < -0.3 is 10.1 Å². The number of ether oxygens (including phenoxy) is 1. The van der Waals surface area contributed by atoms with Crippen molar-refractivity contribution in [3.63, 3.8) is 0 Å². The third-order valence-corrected chi connectivity index (χ3v) is 3.15. The summed E-state index contributed by atoms with van der Waals surface area (Å²) in [5.74, 6) is 0. The number of rotatable bonds is 10. The maximum atomic E-state index is 5.62. The van der Waals surface area contributed by atoms with Gasteiger partial charge in [-0.3, -0.25) is 0 Å². The smallest absolute Gasteiger partial charge is 0.0471 e. The summed E-state index contributed by atoms with van der Waals surface area (Å²) in [7, 11) is 0. The molecule has 0 radical (unpaired) electrons.